The third-order valence-corrected chi connectivity index (χ3v) is 2.90. The Balaban J connectivity index is 2.98. The summed E-state index contributed by atoms with van der Waals surface area (Å²) in [7, 11) is 0. The molecule has 0 aliphatic carbocycles. The molecule has 0 amide bonds. The van der Waals surface area contributed by atoms with E-state index >= 15 is 0 Å². The number of benzene rings is 1. The predicted octanol–water partition coefficient (Wildman–Crippen LogP) is 2.70. The van der Waals surface area contributed by atoms with Gasteiger partial charge in [0.15, 0.2) is 5.78 Å². The summed E-state index contributed by atoms with van der Waals surface area (Å²) in [5.41, 5.74) is 1.77. The summed E-state index contributed by atoms with van der Waals surface area (Å²) in [5, 5.41) is 8.35. The molecule has 0 radical (unpaired) electrons. The molecule has 0 atom stereocenters. The fourth-order valence-electron chi connectivity index (χ4n) is 0.940. The van der Waals surface area contributed by atoms with Gasteiger partial charge < -0.3 is 0 Å². The van der Waals surface area contributed by atoms with Crippen LogP contribution in [-0.2, 0) is 0 Å². The van der Waals surface area contributed by atoms with Crippen molar-refractivity contribution in [1.29, 1.82) is 5.26 Å². The molecule has 2 nitrogen and oxygen atoms in total. The molecule has 0 N–H and O–H groups in total. The topological polar surface area (TPSA) is 40.9 Å². The number of carbonyl (C=O) groups excluding carboxylic acids is 1. The fraction of sp³-hybridized carbons (Fsp3) is 0.200. The number of halogens is 1. The lowest BCUT2D eigenvalue weighted by Gasteiger charge is -2.00. The van der Waals surface area contributed by atoms with Crippen molar-refractivity contribution < 1.29 is 4.79 Å². The first kappa shape index (κ1) is 10.2. The summed E-state index contributed by atoms with van der Waals surface area (Å²) >= 11 is 2.18. The maximum Gasteiger partial charge on any atom is 0.176 e. The Morgan fingerprint density at radius 1 is 1.62 bits per heavy atom. The second-order valence-electron chi connectivity index (χ2n) is 2.72. The van der Waals surface area contributed by atoms with E-state index in [1.165, 1.54) is 0 Å². The number of nitrogens with zero attached hydrogens (tertiary/aromatic N) is 1. The van der Waals surface area contributed by atoms with Crippen molar-refractivity contribution in [2.45, 2.75) is 13.3 Å². The van der Waals surface area contributed by atoms with Crippen molar-refractivity contribution >= 4 is 28.4 Å². The van der Waals surface area contributed by atoms with E-state index in [4.69, 9.17) is 5.26 Å². The SMILES string of the molecule is Cc1ccc(C(=O)CC#N)cc1I. The molecule has 0 saturated heterocycles. The van der Waals surface area contributed by atoms with Gasteiger partial charge in [-0.15, -0.1) is 0 Å². The van der Waals surface area contributed by atoms with Gasteiger partial charge in [0.05, 0.1) is 12.5 Å². The van der Waals surface area contributed by atoms with Crippen molar-refractivity contribution in [3.05, 3.63) is 32.9 Å². The van der Waals surface area contributed by atoms with Crippen molar-refractivity contribution in [2.24, 2.45) is 0 Å². The number of rotatable bonds is 2. The standard InChI is InChI=1S/C10H8INO/c1-7-2-3-8(6-9(7)11)10(13)4-5-12/h2-3,6H,4H2,1H3. The minimum absolute atomic E-state index is 0.0425. The third kappa shape index (κ3) is 2.52. The number of ketones is 1. The van der Waals surface area contributed by atoms with E-state index in [2.05, 4.69) is 22.6 Å². The van der Waals surface area contributed by atoms with Crippen molar-refractivity contribution in [3.8, 4) is 6.07 Å². The van der Waals surface area contributed by atoms with Crippen LogP contribution < -0.4 is 0 Å². The summed E-state index contributed by atoms with van der Waals surface area (Å²) in [6.45, 7) is 1.99. The minimum atomic E-state index is -0.111. The zero-order valence-electron chi connectivity index (χ0n) is 7.17. The summed E-state index contributed by atoms with van der Waals surface area (Å²) in [5.74, 6) is -0.111. The van der Waals surface area contributed by atoms with Crippen molar-refractivity contribution in [2.75, 3.05) is 0 Å². The van der Waals surface area contributed by atoms with Crippen LogP contribution in [0.5, 0.6) is 0 Å². The fourth-order valence-corrected chi connectivity index (χ4v) is 1.46. The van der Waals surface area contributed by atoms with E-state index < -0.39 is 0 Å². The molecule has 0 fully saturated rings. The minimum Gasteiger partial charge on any atom is -0.293 e. The van der Waals surface area contributed by atoms with E-state index in [9.17, 15) is 4.79 Å². The van der Waals surface area contributed by atoms with Gasteiger partial charge in [-0.25, -0.2) is 0 Å². The normalized spacial score (nSPS) is 9.31. The molecule has 0 saturated carbocycles. The molecule has 0 aliphatic heterocycles. The molecule has 0 unspecified atom stereocenters. The van der Waals surface area contributed by atoms with Crippen LogP contribution in [-0.4, -0.2) is 5.78 Å². The van der Waals surface area contributed by atoms with Crippen LogP contribution in [0.3, 0.4) is 0 Å². The molecule has 0 heterocycles. The molecule has 0 aliphatic rings. The smallest absolute Gasteiger partial charge is 0.176 e. The Labute approximate surface area is 90.7 Å². The van der Waals surface area contributed by atoms with Crippen molar-refractivity contribution in [1.82, 2.24) is 0 Å². The molecule has 0 bridgehead atoms. The Morgan fingerprint density at radius 2 is 2.31 bits per heavy atom. The lowest BCUT2D eigenvalue weighted by atomic mass is 10.1. The molecular weight excluding hydrogens is 277 g/mol. The first-order chi connectivity index (χ1) is 6.15. The molecule has 0 aromatic heterocycles. The van der Waals surface area contributed by atoms with Gasteiger partial charge in [0, 0.05) is 9.13 Å². The van der Waals surface area contributed by atoms with Crippen LogP contribution >= 0.6 is 22.6 Å². The summed E-state index contributed by atoms with van der Waals surface area (Å²) in [6.07, 6.45) is -0.0425. The third-order valence-electron chi connectivity index (χ3n) is 1.73. The highest BCUT2D eigenvalue weighted by molar-refractivity contribution is 14.1. The van der Waals surface area contributed by atoms with Gasteiger partial charge in [0.2, 0.25) is 0 Å². The van der Waals surface area contributed by atoms with Crippen LogP contribution in [0.4, 0.5) is 0 Å². The summed E-state index contributed by atoms with van der Waals surface area (Å²) in [6, 6.07) is 7.32. The quantitative estimate of drug-likeness (QED) is 0.619. The van der Waals surface area contributed by atoms with E-state index in [0.29, 0.717) is 5.56 Å². The van der Waals surface area contributed by atoms with E-state index in [1.54, 1.807) is 6.07 Å². The number of Topliss-reactive ketones (excluding diaryl/α,β-unsaturated/α-hetero) is 1. The zero-order chi connectivity index (χ0) is 9.84. The molecule has 1 aromatic rings. The van der Waals surface area contributed by atoms with Gasteiger partial charge in [-0.1, -0.05) is 12.1 Å². The van der Waals surface area contributed by atoms with Crippen LogP contribution in [0.15, 0.2) is 18.2 Å². The number of aryl methyl sites for hydroxylation is 1. The van der Waals surface area contributed by atoms with Crippen LogP contribution in [0.2, 0.25) is 0 Å². The lowest BCUT2D eigenvalue weighted by molar-refractivity contribution is 0.0997. The van der Waals surface area contributed by atoms with Gasteiger partial charge in [0.25, 0.3) is 0 Å². The maximum absolute atomic E-state index is 11.3. The summed E-state index contributed by atoms with van der Waals surface area (Å²) < 4.78 is 1.06. The van der Waals surface area contributed by atoms with Gasteiger partial charge >= 0.3 is 0 Å². The summed E-state index contributed by atoms with van der Waals surface area (Å²) in [4.78, 5) is 11.3. The Hall–Kier alpha value is -0.890. The van der Waals surface area contributed by atoms with Gasteiger partial charge in [-0.05, 0) is 41.1 Å². The highest BCUT2D eigenvalue weighted by Gasteiger charge is 2.05. The van der Waals surface area contributed by atoms with Crippen LogP contribution in [0, 0.1) is 21.8 Å². The van der Waals surface area contributed by atoms with E-state index in [0.717, 1.165) is 9.13 Å². The van der Waals surface area contributed by atoms with E-state index in [1.807, 2.05) is 25.1 Å². The number of hydrogen-bond acceptors (Lipinski definition) is 2. The zero-order valence-corrected chi connectivity index (χ0v) is 9.33. The van der Waals surface area contributed by atoms with Crippen LogP contribution in [0.1, 0.15) is 22.3 Å². The molecule has 0 spiro atoms. The molecule has 1 rings (SSSR count). The van der Waals surface area contributed by atoms with Gasteiger partial charge in [-0.3, -0.25) is 4.79 Å². The monoisotopic (exact) mass is 285 g/mol. The number of nitriles is 1. The molecule has 1 aromatic carbocycles. The highest BCUT2D eigenvalue weighted by atomic mass is 127. The number of hydrogen-bond donors (Lipinski definition) is 0. The number of carbonyl (C=O) groups is 1. The Bertz CT molecular complexity index is 379. The highest BCUT2D eigenvalue weighted by Crippen LogP contribution is 2.14. The van der Waals surface area contributed by atoms with Crippen molar-refractivity contribution in [3.63, 3.8) is 0 Å². The second kappa shape index (κ2) is 4.38. The maximum atomic E-state index is 11.3. The molecule has 66 valence electrons. The van der Waals surface area contributed by atoms with Gasteiger partial charge in [0.1, 0.15) is 0 Å². The predicted molar refractivity (Wildman–Crippen MR) is 58.5 cm³/mol. The second-order valence-corrected chi connectivity index (χ2v) is 3.88. The van der Waals surface area contributed by atoms with E-state index in [-0.39, 0.29) is 12.2 Å². The largest absolute Gasteiger partial charge is 0.293 e. The lowest BCUT2D eigenvalue weighted by Crippen LogP contribution is -1.98. The van der Waals surface area contributed by atoms with Gasteiger partial charge in [-0.2, -0.15) is 5.26 Å². The van der Waals surface area contributed by atoms with Crippen LogP contribution in [0.25, 0.3) is 0 Å². The first-order valence-electron chi connectivity index (χ1n) is 3.81. The Kier molecular flexibility index (Phi) is 3.43. The average molecular weight is 285 g/mol. The Morgan fingerprint density at radius 3 is 2.85 bits per heavy atom. The molecule has 3 heteroatoms. The molecule has 13 heavy (non-hydrogen) atoms. The molecular formula is C10H8INO. The first-order valence-corrected chi connectivity index (χ1v) is 4.89. The average Bonchev–Trinajstić information content (AvgIpc) is 2.10.